The van der Waals surface area contributed by atoms with Gasteiger partial charge < -0.3 is 24.8 Å². The fourth-order valence-electron chi connectivity index (χ4n) is 5.22. The van der Waals surface area contributed by atoms with Crippen LogP contribution >= 0.6 is 0 Å². The van der Waals surface area contributed by atoms with Gasteiger partial charge in [-0.2, -0.15) is 0 Å². The maximum atomic E-state index is 15.2. The van der Waals surface area contributed by atoms with Gasteiger partial charge in [0.15, 0.2) is 0 Å². The Balaban J connectivity index is 1.40. The molecule has 0 saturated heterocycles. The van der Waals surface area contributed by atoms with Crippen molar-refractivity contribution in [2.24, 2.45) is 7.05 Å². The molecular formula is C32H29FN4O5. The Morgan fingerprint density at radius 3 is 2.62 bits per heavy atom. The highest BCUT2D eigenvalue weighted by Gasteiger charge is 2.25. The molecule has 1 saturated carbocycles. The SMILES string of the molecule is Cn1cc(-c2cccc(-n3ccc4cc(C5CC5)cc(F)c4c3=O)c2CO)cc(Nc2ccc(OCCO)cn2)c1=O. The lowest BCUT2D eigenvalue weighted by Crippen LogP contribution is -2.21. The van der Waals surface area contributed by atoms with Crippen LogP contribution in [0.5, 0.6) is 5.75 Å². The third kappa shape index (κ3) is 5.17. The van der Waals surface area contributed by atoms with Crippen molar-refractivity contribution in [1.29, 1.82) is 0 Å². The predicted molar refractivity (Wildman–Crippen MR) is 158 cm³/mol. The molecule has 0 radical (unpaired) electrons. The quantitative estimate of drug-likeness (QED) is 0.242. The molecule has 3 heterocycles. The van der Waals surface area contributed by atoms with Gasteiger partial charge in [0.2, 0.25) is 0 Å². The minimum Gasteiger partial charge on any atom is -0.490 e. The summed E-state index contributed by atoms with van der Waals surface area (Å²) in [4.78, 5) is 30.8. The van der Waals surface area contributed by atoms with Gasteiger partial charge in [0, 0.05) is 30.6 Å². The number of nitrogens with one attached hydrogen (secondary N) is 1. The second kappa shape index (κ2) is 11.2. The number of aliphatic hydroxyl groups is 2. The van der Waals surface area contributed by atoms with E-state index in [0.717, 1.165) is 18.4 Å². The van der Waals surface area contributed by atoms with Crippen molar-refractivity contribution >= 4 is 22.3 Å². The molecule has 0 bridgehead atoms. The first kappa shape index (κ1) is 27.4. The zero-order valence-corrected chi connectivity index (χ0v) is 22.9. The maximum Gasteiger partial charge on any atom is 0.274 e. The molecule has 0 aliphatic heterocycles. The summed E-state index contributed by atoms with van der Waals surface area (Å²) < 4.78 is 23.3. The number of fused-ring (bicyclic) bond motifs is 1. The summed E-state index contributed by atoms with van der Waals surface area (Å²) in [6.07, 6.45) is 6.79. The van der Waals surface area contributed by atoms with E-state index >= 15 is 4.39 Å². The van der Waals surface area contributed by atoms with E-state index < -0.39 is 18.0 Å². The predicted octanol–water partition coefficient (Wildman–Crippen LogP) is 4.37. The highest BCUT2D eigenvalue weighted by molar-refractivity contribution is 5.84. The largest absolute Gasteiger partial charge is 0.490 e. The van der Waals surface area contributed by atoms with Gasteiger partial charge in [-0.3, -0.25) is 14.2 Å². The second-order valence-electron chi connectivity index (χ2n) is 10.3. The van der Waals surface area contributed by atoms with E-state index in [0.29, 0.717) is 45.2 Å². The molecule has 42 heavy (non-hydrogen) atoms. The lowest BCUT2D eigenvalue weighted by Gasteiger charge is -2.17. The first-order chi connectivity index (χ1) is 20.4. The lowest BCUT2D eigenvalue weighted by atomic mass is 9.98. The number of halogens is 1. The number of hydrogen-bond acceptors (Lipinski definition) is 7. The van der Waals surface area contributed by atoms with Crippen molar-refractivity contribution in [3.05, 3.63) is 111 Å². The van der Waals surface area contributed by atoms with E-state index in [2.05, 4.69) is 10.3 Å². The Morgan fingerprint density at radius 1 is 1.07 bits per heavy atom. The molecule has 10 heteroatoms. The molecule has 3 aromatic heterocycles. The van der Waals surface area contributed by atoms with Gasteiger partial charge in [0.25, 0.3) is 11.1 Å². The first-order valence-electron chi connectivity index (χ1n) is 13.6. The number of aryl methyl sites for hydroxylation is 1. The van der Waals surface area contributed by atoms with Crippen LogP contribution in [0.2, 0.25) is 0 Å². The fraction of sp³-hybridized carbons (Fsp3) is 0.219. The lowest BCUT2D eigenvalue weighted by molar-refractivity contribution is 0.201. The van der Waals surface area contributed by atoms with Crippen molar-refractivity contribution < 1.29 is 19.3 Å². The number of aromatic nitrogens is 3. The normalized spacial score (nSPS) is 13.0. The van der Waals surface area contributed by atoms with Crippen LogP contribution in [0.3, 0.4) is 0 Å². The smallest absolute Gasteiger partial charge is 0.274 e. The summed E-state index contributed by atoms with van der Waals surface area (Å²) in [5.74, 6) is 0.691. The average Bonchev–Trinajstić information content (AvgIpc) is 3.84. The zero-order chi connectivity index (χ0) is 29.4. The summed E-state index contributed by atoms with van der Waals surface area (Å²) in [5, 5.41) is 23.0. The average molecular weight is 569 g/mol. The van der Waals surface area contributed by atoms with E-state index in [1.54, 1.807) is 61.9 Å². The van der Waals surface area contributed by atoms with Gasteiger partial charge in [-0.05, 0) is 71.7 Å². The van der Waals surface area contributed by atoms with Gasteiger partial charge >= 0.3 is 0 Å². The number of nitrogens with zero attached hydrogens (tertiary/aromatic N) is 3. The van der Waals surface area contributed by atoms with Gasteiger partial charge in [-0.25, -0.2) is 9.37 Å². The van der Waals surface area contributed by atoms with Crippen molar-refractivity contribution in [1.82, 2.24) is 14.1 Å². The van der Waals surface area contributed by atoms with Crippen LogP contribution in [0.1, 0.15) is 29.9 Å². The molecule has 0 atom stereocenters. The summed E-state index contributed by atoms with van der Waals surface area (Å²) in [5.41, 5.74) is 2.42. The van der Waals surface area contributed by atoms with Crippen LogP contribution in [0.15, 0.2) is 82.8 Å². The molecule has 6 rings (SSSR count). The molecule has 3 N–H and O–H groups in total. The Hall–Kier alpha value is -4.80. The van der Waals surface area contributed by atoms with Crippen molar-refractivity contribution in [2.45, 2.75) is 25.4 Å². The zero-order valence-electron chi connectivity index (χ0n) is 22.9. The van der Waals surface area contributed by atoms with Crippen molar-refractivity contribution in [3.8, 4) is 22.6 Å². The summed E-state index contributed by atoms with van der Waals surface area (Å²) >= 11 is 0. The number of rotatable bonds is 9. The third-order valence-electron chi connectivity index (χ3n) is 7.45. The van der Waals surface area contributed by atoms with E-state index in [1.807, 2.05) is 6.07 Å². The standard InChI is InChI=1S/C32H29FN4O5/c1-36-17-22(15-27(31(36)40)35-29-8-7-23(16-34-29)42-12-11-38)24-3-2-4-28(25(24)18-39)37-10-9-20-13-21(19-5-6-19)14-26(33)30(20)32(37)41/h2-4,7-10,13-17,19,38-39H,5-6,11-12,18H2,1H3,(H,34,35). The number of anilines is 2. The minimum absolute atomic E-state index is 0.00469. The molecule has 9 nitrogen and oxygen atoms in total. The Labute approximate surface area is 240 Å². The first-order valence-corrected chi connectivity index (χ1v) is 13.6. The van der Waals surface area contributed by atoms with Crippen LogP contribution in [0.4, 0.5) is 15.9 Å². The minimum atomic E-state index is -0.550. The van der Waals surface area contributed by atoms with Crippen LogP contribution in [-0.2, 0) is 13.7 Å². The maximum absolute atomic E-state index is 15.2. The number of hydrogen-bond donors (Lipinski definition) is 3. The van der Waals surface area contributed by atoms with Gasteiger partial charge in [0.1, 0.15) is 29.7 Å². The van der Waals surface area contributed by atoms with Crippen LogP contribution in [0, 0.1) is 5.82 Å². The summed E-state index contributed by atoms with van der Waals surface area (Å²) in [6.45, 7) is -0.375. The molecule has 214 valence electrons. The Kier molecular flexibility index (Phi) is 7.32. The van der Waals surface area contributed by atoms with Gasteiger partial charge in [0.05, 0.1) is 30.5 Å². The van der Waals surface area contributed by atoms with E-state index in [-0.39, 0.29) is 29.8 Å². The van der Waals surface area contributed by atoms with E-state index in [1.165, 1.54) is 21.4 Å². The monoisotopic (exact) mass is 568 g/mol. The molecular weight excluding hydrogens is 539 g/mol. The van der Waals surface area contributed by atoms with Gasteiger partial charge in [-0.1, -0.05) is 18.2 Å². The summed E-state index contributed by atoms with van der Waals surface area (Å²) in [6, 6.07) is 15.3. The Bertz CT molecular complexity index is 1910. The number of ether oxygens (including phenoxy) is 1. The van der Waals surface area contributed by atoms with Gasteiger partial charge in [-0.15, -0.1) is 0 Å². The number of pyridine rings is 3. The molecule has 1 aliphatic rings. The fourth-order valence-corrected chi connectivity index (χ4v) is 5.22. The van der Waals surface area contributed by atoms with E-state index in [4.69, 9.17) is 9.84 Å². The third-order valence-corrected chi connectivity index (χ3v) is 7.45. The van der Waals surface area contributed by atoms with Crippen molar-refractivity contribution in [2.75, 3.05) is 18.5 Å². The highest BCUT2D eigenvalue weighted by atomic mass is 19.1. The van der Waals surface area contributed by atoms with Crippen LogP contribution < -0.4 is 21.2 Å². The molecule has 1 fully saturated rings. The van der Waals surface area contributed by atoms with E-state index in [9.17, 15) is 14.7 Å². The molecule has 0 spiro atoms. The molecule has 0 amide bonds. The number of benzene rings is 2. The molecule has 1 aliphatic carbocycles. The number of aliphatic hydroxyl groups excluding tert-OH is 2. The molecule has 0 unspecified atom stereocenters. The van der Waals surface area contributed by atoms with Crippen molar-refractivity contribution in [3.63, 3.8) is 0 Å². The molecule has 2 aromatic carbocycles. The second-order valence-corrected chi connectivity index (χ2v) is 10.3. The van der Waals surface area contributed by atoms with Crippen LogP contribution in [0.25, 0.3) is 27.6 Å². The molecule has 5 aromatic rings. The highest BCUT2D eigenvalue weighted by Crippen LogP contribution is 2.41. The van der Waals surface area contributed by atoms with Crippen LogP contribution in [-0.4, -0.2) is 37.5 Å². The Morgan fingerprint density at radius 2 is 1.90 bits per heavy atom. The summed E-state index contributed by atoms with van der Waals surface area (Å²) in [7, 11) is 1.62. The topological polar surface area (TPSA) is 119 Å².